The molecule has 2 aromatic rings. The number of phenolic OH excluding ortho intramolecular Hbond substituents is 2. The SMILES string of the molecule is CC(C)c1cc(-c2cnco2)c(O)cc1O. The monoisotopic (exact) mass is 219 g/mol. The molecular weight excluding hydrogens is 206 g/mol. The number of nitrogens with zero attached hydrogens (tertiary/aromatic N) is 1. The first-order valence-corrected chi connectivity index (χ1v) is 5.04. The summed E-state index contributed by atoms with van der Waals surface area (Å²) in [6.07, 6.45) is 2.83. The van der Waals surface area contributed by atoms with Gasteiger partial charge < -0.3 is 14.6 Å². The molecule has 0 unspecified atom stereocenters. The third-order valence-electron chi connectivity index (χ3n) is 2.46. The second-order valence-electron chi connectivity index (χ2n) is 3.95. The van der Waals surface area contributed by atoms with Gasteiger partial charge >= 0.3 is 0 Å². The van der Waals surface area contributed by atoms with Crippen LogP contribution >= 0.6 is 0 Å². The van der Waals surface area contributed by atoms with Crippen molar-refractivity contribution in [3.63, 3.8) is 0 Å². The number of rotatable bonds is 2. The maximum Gasteiger partial charge on any atom is 0.181 e. The Labute approximate surface area is 93.2 Å². The van der Waals surface area contributed by atoms with E-state index in [1.165, 1.54) is 18.7 Å². The largest absolute Gasteiger partial charge is 0.508 e. The molecule has 0 spiro atoms. The standard InChI is InChI=1S/C12H13NO3/c1-7(2)8-3-9(11(15)4-10(8)14)12-5-13-6-16-12/h3-7,14-15H,1-2H3. The van der Waals surface area contributed by atoms with Crippen molar-refractivity contribution in [1.29, 1.82) is 0 Å². The van der Waals surface area contributed by atoms with Crippen LogP contribution in [0, 0.1) is 0 Å². The van der Waals surface area contributed by atoms with Crippen LogP contribution < -0.4 is 0 Å². The van der Waals surface area contributed by atoms with Crippen LogP contribution in [0.4, 0.5) is 0 Å². The van der Waals surface area contributed by atoms with Crippen molar-refractivity contribution in [3.05, 3.63) is 30.3 Å². The molecular formula is C12H13NO3. The predicted molar refractivity (Wildman–Crippen MR) is 59.4 cm³/mol. The number of hydrogen-bond acceptors (Lipinski definition) is 4. The van der Waals surface area contributed by atoms with Gasteiger partial charge in [0, 0.05) is 6.07 Å². The van der Waals surface area contributed by atoms with E-state index in [-0.39, 0.29) is 17.4 Å². The van der Waals surface area contributed by atoms with Crippen LogP contribution in [0.25, 0.3) is 11.3 Å². The second kappa shape index (κ2) is 3.89. The minimum absolute atomic E-state index is 0.0151. The van der Waals surface area contributed by atoms with Gasteiger partial charge in [-0.15, -0.1) is 0 Å². The number of aromatic hydroxyl groups is 2. The average molecular weight is 219 g/mol. The molecule has 2 rings (SSSR count). The minimum atomic E-state index is -0.0151. The summed E-state index contributed by atoms with van der Waals surface area (Å²) in [5.41, 5.74) is 1.31. The highest BCUT2D eigenvalue weighted by Crippen LogP contribution is 2.37. The normalized spacial score (nSPS) is 10.9. The van der Waals surface area contributed by atoms with Crippen LogP contribution in [0.15, 0.2) is 29.1 Å². The Hall–Kier alpha value is -1.97. The Morgan fingerprint density at radius 2 is 1.94 bits per heavy atom. The fourth-order valence-electron chi connectivity index (χ4n) is 1.60. The number of benzene rings is 1. The van der Waals surface area contributed by atoms with Crippen molar-refractivity contribution in [3.8, 4) is 22.8 Å². The van der Waals surface area contributed by atoms with Crippen molar-refractivity contribution in [2.45, 2.75) is 19.8 Å². The van der Waals surface area contributed by atoms with E-state index >= 15 is 0 Å². The van der Waals surface area contributed by atoms with Crippen LogP contribution in [0.1, 0.15) is 25.3 Å². The summed E-state index contributed by atoms with van der Waals surface area (Å²) >= 11 is 0. The minimum Gasteiger partial charge on any atom is -0.508 e. The molecule has 0 atom stereocenters. The van der Waals surface area contributed by atoms with Crippen molar-refractivity contribution in [2.24, 2.45) is 0 Å². The van der Waals surface area contributed by atoms with E-state index in [2.05, 4.69) is 4.98 Å². The molecule has 0 saturated heterocycles. The van der Waals surface area contributed by atoms with Crippen molar-refractivity contribution < 1.29 is 14.6 Å². The summed E-state index contributed by atoms with van der Waals surface area (Å²) in [6.45, 7) is 3.94. The van der Waals surface area contributed by atoms with Crippen LogP contribution in [0.5, 0.6) is 11.5 Å². The fraction of sp³-hybridized carbons (Fsp3) is 0.250. The predicted octanol–water partition coefficient (Wildman–Crippen LogP) is 2.88. The zero-order valence-electron chi connectivity index (χ0n) is 9.14. The third-order valence-corrected chi connectivity index (χ3v) is 2.46. The molecule has 0 aliphatic rings. The number of hydrogen-bond donors (Lipinski definition) is 2. The van der Waals surface area contributed by atoms with Gasteiger partial charge in [-0.3, -0.25) is 0 Å². The Morgan fingerprint density at radius 3 is 2.50 bits per heavy atom. The highest BCUT2D eigenvalue weighted by atomic mass is 16.3. The molecule has 0 fully saturated rings. The van der Waals surface area contributed by atoms with E-state index in [1.54, 1.807) is 6.07 Å². The number of oxazole rings is 1. The van der Waals surface area contributed by atoms with Gasteiger partial charge in [0.05, 0.1) is 11.8 Å². The van der Waals surface area contributed by atoms with Gasteiger partial charge in [0.1, 0.15) is 11.5 Å². The lowest BCUT2D eigenvalue weighted by molar-refractivity contribution is 0.443. The van der Waals surface area contributed by atoms with Crippen LogP contribution in [-0.2, 0) is 0 Å². The molecule has 1 aromatic carbocycles. The van der Waals surface area contributed by atoms with E-state index < -0.39 is 0 Å². The molecule has 0 saturated carbocycles. The molecule has 0 bridgehead atoms. The van der Waals surface area contributed by atoms with E-state index in [0.717, 1.165) is 5.56 Å². The second-order valence-corrected chi connectivity index (χ2v) is 3.95. The van der Waals surface area contributed by atoms with Crippen molar-refractivity contribution in [1.82, 2.24) is 4.98 Å². The van der Waals surface area contributed by atoms with Crippen molar-refractivity contribution in [2.75, 3.05) is 0 Å². The van der Waals surface area contributed by atoms with Crippen LogP contribution in [-0.4, -0.2) is 15.2 Å². The first kappa shape index (κ1) is 10.5. The molecule has 84 valence electrons. The average Bonchev–Trinajstić information content (AvgIpc) is 2.70. The lowest BCUT2D eigenvalue weighted by atomic mass is 9.98. The molecule has 1 aromatic heterocycles. The lowest BCUT2D eigenvalue weighted by Crippen LogP contribution is -1.89. The van der Waals surface area contributed by atoms with Gasteiger partial charge in [-0.2, -0.15) is 0 Å². The van der Waals surface area contributed by atoms with E-state index in [9.17, 15) is 10.2 Å². The molecule has 1 heterocycles. The molecule has 4 heteroatoms. The first-order chi connectivity index (χ1) is 7.59. The summed E-state index contributed by atoms with van der Waals surface area (Å²) in [4.78, 5) is 3.80. The maximum absolute atomic E-state index is 9.72. The zero-order chi connectivity index (χ0) is 11.7. The van der Waals surface area contributed by atoms with E-state index in [1.807, 2.05) is 13.8 Å². The van der Waals surface area contributed by atoms with Gasteiger partial charge in [-0.1, -0.05) is 13.8 Å². The smallest absolute Gasteiger partial charge is 0.181 e. The Balaban J connectivity index is 2.58. The summed E-state index contributed by atoms with van der Waals surface area (Å²) in [5, 5.41) is 19.4. The third kappa shape index (κ3) is 1.74. The summed E-state index contributed by atoms with van der Waals surface area (Å²) in [6, 6.07) is 3.04. The molecule has 0 aliphatic heterocycles. The fourth-order valence-corrected chi connectivity index (χ4v) is 1.60. The van der Waals surface area contributed by atoms with E-state index in [4.69, 9.17) is 4.42 Å². The molecule has 0 aliphatic carbocycles. The molecule has 4 nitrogen and oxygen atoms in total. The Morgan fingerprint density at radius 1 is 1.19 bits per heavy atom. The quantitative estimate of drug-likeness (QED) is 0.815. The zero-order valence-corrected chi connectivity index (χ0v) is 9.14. The molecule has 0 amide bonds. The van der Waals surface area contributed by atoms with Gasteiger partial charge in [-0.05, 0) is 17.5 Å². The summed E-state index contributed by atoms with van der Waals surface area (Å²) in [7, 11) is 0. The van der Waals surface area contributed by atoms with Gasteiger partial charge in [0.2, 0.25) is 0 Å². The molecule has 16 heavy (non-hydrogen) atoms. The molecule has 2 N–H and O–H groups in total. The van der Waals surface area contributed by atoms with Gasteiger partial charge in [0.25, 0.3) is 0 Å². The lowest BCUT2D eigenvalue weighted by Gasteiger charge is -2.11. The maximum atomic E-state index is 9.72. The number of phenols is 2. The molecule has 0 radical (unpaired) electrons. The Bertz CT molecular complexity index is 489. The van der Waals surface area contributed by atoms with E-state index in [0.29, 0.717) is 11.3 Å². The van der Waals surface area contributed by atoms with Crippen molar-refractivity contribution >= 4 is 0 Å². The highest BCUT2D eigenvalue weighted by Gasteiger charge is 2.14. The summed E-state index contributed by atoms with van der Waals surface area (Å²) < 4.78 is 5.12. The number of aromatic nitrogens is 1. The topological polar surface area (TPSA) is 66.5 Å². The van der Waals surface area contributed by atoms with Gasteiger partial charge in [0.15, 0.2) is 12.2 Å². The first-order valence-electron chi connectivity index (χ1n) is 5.04. The highest BCUT2D eigenvalue weighted by molar-refractivity contribution is 5.68. The summed E-state index contributed by atoms with van der Waals surface area (Å²) in [5.74, 6) is 0.732. The van der Waals surface area contributed by atoms with Crippen LogP contribution in [0.2, 0.25) is 0 Å². The Kier molecular flexibility index (Phi) is 2.56. The van der Waals surface area contributed by atoms with Gasteiger partial charge in [-0.25, -0.2) is 4.98 Å². The van der Waals surface area contributed by atoms with Crippen LogP contribution in [0.3, 0.4) is 0 Å².